The monoisotopic (exact) mass is 441 g/mol. The Bertz CT molecular complexity index is 389. The quantitative estimate of drug-likeness (QED) is 0.296. The number of ether oxygens (including phenoxy) is 2. The van der Waals surface area contributed by atoms with Gasteiger partial charge in [0.1, 0.15) is 5.60 Å². The highest BCUT2D eigenvalue weighted by molar-refractivity contribution is 14.0. The maximum absolute atomic E-state index is 12.1. The summed E-state index contributed by atoms with van der Waals surface area (Å²) < 4.78 is 10.5. The molecular formula is C16H32IN3O3. The molecule has 6 nitrogen and oxygen atoms in total. The van der Waals surface area contributed by atoms with Gasteiger partial charge in [0.25, 0.3) is 0 Å². The first-order valence-corrected chi connectivity index (χ1v) is 8.03. The SMILES string of the molecule is COCC(C)NC(N)=NC1CCC(C(=O)OC(C)(C)C)CC1.I. The zero-order chi connectivity index (χ0) is 16.8. The zero-order valence-corrected chi connectivity index (χ0v) is 17.3. The molecule has 1 aliphatic rings. The first-order chi connectivity index (χ1) is 10.2. The zero-order valence-electron chi connectivity index (χ0n) is 14.9. The van der Waals surface area contributed by atoms with Gasteiger partial charge in [-0.25, -0.2) is 0 Å². The molecule has 3 N–H and O–H groups in total. The van der Waals surface area contributed by atoms with Gasteiger partial charge in [0.15, 0.2) is 5.96 Å². The highest BCUT2D eigenvalue weighted by Gasteiger charge is 2.29. The van der Waals surface area contributed by atoms with Crippen LogP contribution in [0.1, 0.15) is 53.4 Å². The van der Waals surface area contributed by atoms with Crippen molar-refractivity contribution in [2.24, 2.45) is 16.6 Å². The molecule has 1 rings (SSSR count). The fourth-order valence-corrected chi connectivity index (χ4v) is 2.60. The minimum absolute atomic E-state index is 0. The molecule has 136 valence electrons. The van der Waals surface area contributed by atoms with E-state index in [9.17, 15) is 4.79 Å². The molecule has 1 unspecified atom stereocenters. The molecule has 0 aliphatic heterocycles. The molecule has 0 saturated heterocycles. The van der Waals surface area contributed by atoms with Crippen molar-refractivity contribution in [2.45, 2.75) is 71.1 Å². The summed E-state index contributed by atoms with van der Waals surface area (Å²) in [4.78, 5) is 16.6. The molecule has 0 aromatic rings. The van der Waals surface area contributed by atoms with E-state index in [0.717, 1.165) is 25.7 Å². The Hall–Kier alpha value is -0.570. The van der Waals surface area contributed by atoms with Crippen molar-refractivity contribution in [2.75, 3.05) is 13.7 Å². The molecule has 0 bridgehead atoms. The van der Waals surface area contributed by atoms with Gasteiger partial charge in [0.05, 0.1) is 18.6 Å². The predicted octanol–water partition coefficient (Wildman–Crippen LogP) is 2.44. The van der Waals surface area contributed by atoms with Crippen molar-refractivity contribution >= 4 is 35.9 Å². The van der Waals surface area contributed by atoms with Gasteiger partial charge in [0, 0.05) is 13.2 Å². The third kappa shape index (κ3) is 9.34. The summed E-state index contributed by atoms with van der Waals surface area (Å²) >= 11 is 0. The number of nitrogens with zero attached hydrogens (tertiary/aromatic N) is 1. The molecule has 1 fully saturated rings. The number of nitrogens with two attached hydrogens (primary N) is 1. The van der Waals surface area contributed by atoms with Crippen molar-refractivity contribution in [1.29, 1.82) is 0 Å². The average molecular weight is 441 g/mol. The molecule has 7 heteroatoms. The number of nitrogens with one attached hydrogen (secondary N) is 1. The van der Waals surface area contributed by atoms with E-state index in [1.165, 1.54) is 0 Å². The van der Waals surface area contributed by atoms with Crippen molar-refractivity contribution in [1.82, 2.24) is 5.32 Å². The van der Waals surface area contributed by atoms with E-state index in [0.29, 0.717) is 12.6 Å². The minimum Gasteiger partial charge on any atom is -0.460 e. The highest BCUT2D eigenvalue weighted by Crippen LogP contribution is 2.28. The molecule has 1 aliphatic carbocycles. The van der Waals surface area contributed by atoms with Crippen LogP contribution in [-0.2, 0) is 14.3 Å². The molecule has 0 spiro atoms. The Morgan fingerprint density at radius 3 is 2.35 bits per heavy atom. The summed E-state index contributed by atoms with van der Waals surface area (Å²) in [5.74, 6) is 0.354. The predicted molar refractivity (Wildman–Crippen MR) is 103 cm³/mol. The van der Waals surface area contributed by atoms with Crippen LogP contribution in [0, 0.1) is 5.92 Å². The van der Waals surface area contributed by atoms with E-state index in [-0.39, 0.29) is 47.9 Å². The van der Waals surface area contributed by atoms with Crippen LogP contribution < -0.4 is 11.1 Å². The fourth-order valence-electron chi connectivity index (χ4n) is 2.60. The van der Waals surface area contributed by atoms with Gasteiger partial charge in [-0.1, -0.05) is 0 Å². The first-order valence-electron chi connectivity index (χ1n) is 8.03. The van der Waals surface area contributed by atoms with Gasteiger partial charge in [-0.2, -0.15) is 0 Å². The lowest BCUT2D eigenvalue weighted by atomic mass is 9.86. The van der Waals surface area contributed by atoms with Crippen molar-refractivity contribution in [3.8, 4) is 0 Å². The number of hydrogen-bond acceptors (Lipinski definition) is 4. The van der Waals surface area contributed by atoms with E-state index in [1.807, 2.05) is 27.7 Å². The lowest BCUT2D eigenvalue weighted by Gasteiger charge is -2.28. The van der Waals surface area contributed by atoms with Gasteiger partial charge >= 0.3 is 5.97 Å². The molecule has 0 aromatic heterocycles. The molecule has 0 aromatic carbocycles. The minimum atomic E-state index is -0.419. The lowest BCUT2D eigenvalue weighted by molar-refractivity contribution is -0.161. The molecular weight excluding hydrogens is 409 g/mol. The number of esters is 1. The Labute approximate surface area is 157 Å². The normalized spacial score (nSPS) is 23.6. The maximum atomic E-state index is 12.1. The van der Waals surface area contributed by atoms with E-state index in [4.69, 9.17) is 15.2 Å². The van der Waals surface area contributed by atoms with Gasteiger partial charge in [-0.05, 0) is 53.4 Å². The van der Waals surface area contributed by atoms with Crippen LogP contribution in [0.3, 0.4) is 0 Å². The van der Waals surface area contributed by atoms with Crippen LogP contribution in [0.15, 0.2) is 4.99 Å². The standard InChI is InChI=1S/C16H31N3O3.HI/c1-11(10-21-5)18-15(17)19-13-8-6-12(7-9-13)14(20)22-16(2,3)4;/h11-13H,6-10H2,1-5H3,(H3,17,18,19);1H. The number of methoxy groups -OCH3 is 1. The Balaban J connectivity index is 0.00000484. The third-order valence-electron chi connectivity index (χ3n) is 3.57. The maximum Gasteiger partial charge on any atom is 0.309 e. The Morgan fingerprint density at radius 2 is 1.87 bits per heavy atom. The average Bonchev–Trinajstić information content (AvgIpc) is 2.37. The van der Waals surface area contributed by atoms with Crippen LogP contribution in [0.2, 0.25) is 0 Å². The van der Waals surface area contributed by atoms with Crippen molar-refractivity contribution in [3.05, 3.63) is 0 Å². The van der Waals surface area contributed by atoms with E-state index < -0.39 is 5.60 Å². The summed E-state index contributed by atoms with van der Waals surface area (Å²) in [5, 5.41) is 3.10. The topological polar surface area (TPSA) is 85.9 Å². The van der Waals surface area contributed by atoms with Crippen LogP contribution in [0.25, 0.3) is 0 Å². The van der Waals surface area contributed by atoms with Crippen molar-refractivity contribution in [3.63, 3.8) is 0 Å². The second kappa shape index (κ2) is 10.3. The number of aliphatic imine (C=N–C) groups is 1. The van der Waals surface area contributed by atoms with E-state index >= 15 is 0 Å². The lowest BCUT2D eigenvalue weighted by Crippen LogP contribution is -2.41. The van der Waals surface area contributed by atoms with Gasteiger partial charge in [-0.3, -0.25) is 9.79 Å². The number of carbonyl (C=O) groups excluding carboxylic acids is 1. The Morgan fingerprint density at radius 1 is 1.30 bits per heavy atom. The fraction of sp³-hybridized carbons (Fsp3) is 0.875. The van der Waals surface area contributed by atoms with Gasteiger partial charge in [0.2, 0.25) is 0 Å². The van der Waals surface area contributed by atoms with Crippen LogP contribution >= 0.6 is 24.0 Å². The van der Waals surface area contributed by atoms with E-state index in [2.05, 4.69) is 10.3 Å². The Kier molecular flexibility index (Phi) is 10.1. The summed E-state index contributed by atoms with van der Waals surface area (Å²) in [6.07, 6.45) is 3.35. The molecule has 0 amide bonds. The molecule has 1 saturated carbocycles. The van der Waals surface area contributed by atoms with Gasteiger partial charge < -0.3 is 20.5 Å². The second-order valence-corrected chi connectivity index (χ2v) is 7.05. The molecule has 1 atom stereocenters. The van der Waals surface area contributed by atoms with Crippen LogP contribution in [0.4, 0.5) is 0 Å². The second-order valence-electron chi connectivity index (χ2n) is 7.05. The summed E-state index contributed by atoms with van der Waals surface area (Å²) in [6, 6.07) is 0.313. The molecule has 23 heavy (non-hydrogen) atoms. The largest absolute Gasteiger partial charge is 0.460 e. The molecule has 0 radical (unpaired) electrons. The smallest absolute Gasteiger partial charge is 0.309 e. The van der Waals surface area contributed by atoms with Crippen LogP contribution in [-0.4, -0.2) is 43.3 Å². The summed E-state index contributed by atoms with van der Waals surface area (Å²) in [5.41, 5.74) is 5.49. The summed E-state index contributed by atoms with van der Waals surface area (Å²) in [7, 11) is 1.66. The summed E-state index contributed by atoms with van der Waals surface area (Å²) in [6.45, 7) is 8.27. The van der Waals surface area contributed by atoms with Crippen molar-refractivity contribution < 1.29 is 14.3 Å². The highest BCUT2D eigenvalue weighted by atomic mass is 127. The van der Waals surface area contributed by atoms with E-state index in [1.54, 1.807) is 7.11 Å². The molecule has 0 heterocycles. The number of rotatable bonds is 5. The first kappa shape index (κ1) is 22.4. The number of carbonyl (C=O) groups is 1. The number of guanidine groups is 1. The number of hydrogen-bond donors (Lipinski definition) is 2. The number of halogens is 1. The third-order valence-corrected chi connectivity index (χ3v) is 3.57. The van der Waals surface area contributed by atoms with Gasteiger partial charge in [-0.15, -0.1) is 24.0 Å². The van der Waals surface area contributed by atoms with Crippen LogP contribution in [0.5, 0.6) is 0 Å².